The Morgan fingerprint density at radius 2 is 2.15 bits per heavy atom. The topological polar surface area (TPSA) is 81.9 Å². The second kappa shape index (κ2) is 7.32. The van der Waals surface area contributed by atoms with Crippen LogP contribution in [0.4, 0.5) is 11.4 Å². The molecule has 0 aromatic heterocycles. The summed E-state index contributed by atoms with van der Waals surface area (Å²) in [4.78, 5) is 23.5. The van der Waals surface area contributed by atoms with Crippen LogP contribution in [0, 0.1) is 10.1 Å². The lowest BCUT2D eigenvalue weighted by atomic mass is 10.2. The number of nitro groups is 1. The number of carbonyl (C=O) groups is 1. The first kappa shape index (κ1) is 15.7. The van der Waals surface area contributed by atoms with Crippen LogP contribution in [0.2, 0.25) is 0 Å². The molecule has 0 radical (unpaired) electrons. The third-order valence-corrected chi connectivity index (χ3v) is 2.75. The number of hydrogen-bond donors (Lipinski definition) is 0. The summed E-state index contributed by atoms with van der Waals surface area (Å²) in [5.41, 5.74) is 0.312. The summed E-state index contributed by atoms with van der Waals surface area (Å²) in [7, 11) is 2.99. The lowest BCUT2D eigenvalue weighted by molar-refractivity contribution is -0.385. The average molecular weight is 282 g/mol. The minimum Gasteiger partial charge on any atom is -0.487 e. The van der Waals surface area contributed by atoms with Gasteiger partial charge in [-0.2, -0.15) is 0 Å². The molecule has 0 atom stereocenters. The molecule has 110 valence electrons. The van der Waals surface area contributed by atoms with Crippen LogP contribution in [0.15, 0.2) is 18.2 Å². The third-order valence-electron chi connectivity index (χ3n) is 2.75. The molecule has 0 unspecified atom stereocenters. The monoisotopic (exact) mass is 282 g/mol. The van der Waals surface area contributed by atoms with Crippen molar-refractivity contribution in [3.05, 3.63) is 28.3 Å². The lowest BCUT2D eigenvalue weighted by Crippen LogP contribution is -2.22. The van der Waals surface area contributed by atoms with Crippen LogP contribution in [0.3, 0.4) is 0 Å². The molecule has 0 aliphatic carbocycles. The second-order valence-corrected chi connectivity index (χ2v) is 4.06. The number of nitrogens with zero attached hydrogens (tertiary/aromatic N) is 2. The van der Waals surface area contributed by atoms with Gasteiger partial charge < -0.3 is 14.4 Å². The maximum absolute atomic E-state index is 11.2. The van der Waals surface area contributed by atoms with E-state index in [2.05, 4.69) is 4.74 Å². The van der Waals surface area contributed by atoms with Crippen LogP contribution in [0.25, 0.3) is 0 Å². The van der Waals surface area contributed by atoms with E-state index in [1.54, 1.807) is 37.1 Å². The van der Waals surface area contributed by atoms with Gasteiger partial charge in [-0.3, -0.25) is 14.9 Å². The Bertz CT molecular complexity index is 490. The molecule has 1 rings (SSSR count). The van der Waals surface area contributed by atoms with E-state index in [0.29, 0.717) is 18.8 Å². The molecule has 0 aliphatic heterocycles. The normalized spacial score (nSPS) is 9.95. The predicted molar refractivity (Wildman–Crippen MR) is 74.2 cm³/mol. The minimum absolute atomic E-state index is 0.0956. The number of methoxy groups -OCH3 is 1. The van der Waals surface area contributed by atoms with Gasteiger partial charge in [-0.15, -0.1) is 0 Å². The Balaban J connectivity index is 3.01. The van der Waals surface area contributed by atoms with Gasteiger partial charge in [-0.1, -0.05) is 6.07 Å². The highest BCUT2D eigenvalue weighted by atomic mass is 16.6. The molecule has 0 spiro atoms. The molecule has 0 saturated carbocycles. The molecule has 20 heavy (non-hydrogen) atoms. The van der Waals surface area contributed by atoms with Crippen molar-refractivity contribution in [3.8, 4) is 5.75 Å². The summed E-state index contributed by atoms with van der Waals surface area (Å²) < 4.78 is 9.83. The Morgan fingerprint density at radius 1 is 1.45 bits per heavy atom. The number of hydrogen-bond acceptors (Lipinski definition) is 6. The fraction of sp³-hybridized carbons (Fsp3) is 0.462. The van der Waals surface area contributed by atoms with Gasteiger partial charge in [0.15, 0.2) is 5.75 Å². The predicted octanol–water partition coefficient (Wildman–Crippen LogP) is 1.99. The molecule has 1 aromatic carbocycles. The number of benzene rings is 1. The van der Waals surface area contributed by atoms with E-state index >= 15 is 0 Å². The Kier molecular flexibility index (Phi) is 5.76. The number of rotatable bonds is 7. The number of nitro benzene ring substituents is 1. The van der Waals surface area contributed by atoms with Gasteiger partial charge in [-0.05, 0) is 19.1 Å². The molecule has 7 nitrogen and oxygen atoms in total. The van der Waals surface area contributed by atoms with Crippen LogP contribution in [-0.4, -0.2) is 38.2 Å². The molecular formula is C13H18N2O5. The molecular weight excluding hydrogens is 264 g/mol. The van der Waals surface area contributed by atoms with E-state index in [9.17, 15) is 14.9 Å². The Morgan fingerprint density at radius 3 is 2.70 bits per heavy atom. The number of ether oxygens (including phenoxy) is 2. The molecule has 0 heterocycles. The molecule has 0 aliphatic rings. The smallest absolute Gasteiger partial charge is 0.333 e. The largest absolute Gasteiger partial charge is 0.487 e. The van der Waals surface area contributed by atoms with Gasteiger partial charge in [0.25, 0.3) is 0 Å². The van der Waals surface area contributed by atoms with Crippen molar-refractivity contribution in [3.63, 3.8) is 0 Å². The number of para-hydroxylation sites is 1. The molecule has 0 bridgehead atoms. The molecule has 0 N–H and O–H groups in total. The Hall–Kier alpha value is -2.31. The van der Waals surface area contributed by atoms with Crippen LogP contribution in [-0.2, 0) is 9.53 Å². The van der Waals surface area contributed by atoms with Crippen molar-refractivity contribution in [1.29, 1.82) is 0 Å². The molecule has 0 fully saturated rings. The van der Waals surface area contributed by atoms with Crippen molar-refractivity contribution in [2.45, 2.75) is 13.3 Å². The number of carbonyl (C=O) groups excluding carboxylic acids is 1. The highest BCUT2D eigenvalue weighted by molar-refractivity contribution is 5.72. The van der Waals surface area contributed by atoms with Crippen LogP contribution < -0.4 is 9.64 Å². The highest BCUT2D eigenvalue weighted by Crippen LogP contribution is 2.36. The fourth-order valence-electron chi connectivity index (χ4n) is 1.76. The third kappa shape index (κ3) is 3.84. The van der Waals surface area contributed by atoms with E-state index in [1.807, 2.05) is 0 Å². The summed E-state index contributed by atoms with van der Waals surface area (Å²) in [6.07, 6.45) is 0.156. The average Bonchev–Trinajstić information content (AvgIpc) is 2.44. The van der Waals surface area contributed by atoms with Gasteiger partial charge in [0.05, 0.1) is 25.1 Å². The van der Waals surface area contributed by atoms with Crippen molar-refractivity contribution in [2.75, 3.05) is 32.2 Å². The van der Waals surface area contributed by atoms with Crippen molar-refractivity contribution < 1.29 is 19.2 Å². The highest BCUT2D eigenvalue weighted by Gasteiger charge is 2.23. The standard InChI is InChI=1S/C13H18N2O5/c1-4-20-11-7-5-6-10(13(11)15(17)18)14(2)9-8-12(16)19-3/h5-7H,4,8-9H2,1-3H3. The van der Waals surface area contributed by atoms with E-state index in [0.717, 1.165) is 0 Å². The SMILES string of the molecule is CCOc1cccc(N(C)CCC(=O)OC)c1[N+](=O)[O-]. The second-order valence-electron chi connectivity index (χ2n) is 4.06. The van der Waals surface area contributed by atoms with Gasteiger partial charge in [0.2, 0.25) is 0 Å². The zero-order valence-electron chi connectivity index (χ0n) is 11.8. The van der Waals surface area contributed by atoms with Gasteiger partial charge in [0.1, 0.15) is 5.69 Å². The van der Waals surface area contributed by atoms with Gasteiger partial charge in [0, 0.05) is 13.6 Å². The summed E-state index contributed by atoms with van der Waals surface area (Å²) in [6.45, 7) is 2.43. The summed E-state index contributed by atoms with van der Waals surface area (Å²) in [5, 5.41) is 11.2. The molecule has 1 aromatic rings. The van der Waals surface area contributed by atoms with Crippen molar-refractivity contribution in [1.82, 2.24) is 0 Å². The van der Waals surface area contributed by atoms with Crippen molar-refractivity contribution >= 4 is 17.3 Å². The summed E-state index contributed by atoms with van der Waals surface area (Å²) in [6, 6.07) is 4.86. The van der Waals surface area contributed by atoms with Crippen LogP contribution >= 0.6 is 0 Å². The first-order valence-corrected chi connectivity index (χ1v) is 6.19. The number of anilines is 1. The molecule has 0 saturated heterocycles. The minimum atomic E-state index is -0.477. The lowest BCUT2D eigenvalue weighted by Gasteiger charge is -2.19. The zero-order chi connectivity index (χ0) is 15.1. The molecule has 0 amide bonds. The maximum atomic E-state index is 11.2. The first-order chi connectivity index (χ1) is 9.51. The van der Waals surface area contributed by atoms with Gasteiger partial charge >= 0.3 is 11.7 Å². The maximum Gasteiger partial charge on any atom is 0.333 e. The van der Waals surface area contributed by atoms with Crippen LogP contribution in [0.5, 0.6) is 5.75 Å². The van der Waals surface area contributed by atoms with E-state index in [-0.39, 0.29) is 23.8 Å². The van der Waals surface area contributed by atoms with E-state index in [1.165, 1.54) is 7.11 Å². The quantitative estimate of drug-likeness (QED) is 0.432. The van der Waals surface area contributed by atoms with Crippen molar-refractivity contribution in [2.24, 2.45) is 0 Å². The first-order valence-electron chi connectivity index (χ1n) is 6.19. The zero-order valence-corrected chi connectivity index (χ0v) is 11.8. The fourth-order valence-corrected chi connectivity index (χ4v) is 1.76. The van der Waals surface area contributed by atoms with E-state index in [4.69, 9.17) is 4.74 Å². The van der Waals surface area contributed by atoms with Gasteiger partial charge in [-0.25, -0.2) is 0 Å². The number of esters is 1. The summed E-state index contributed by atoms with van der Waals surface area (Å²) >= 11 is 0. The summed E-state index contributed by atoms with van der Waals surface area (Å²) in [5.74, 6) is -0.139. The van der Waals surface area contributed by atoms with E-state index < -0.39 is 4.92 Å². The van der Waals surface area contributed by atoms with Crippen LogP contribution in [0.1, 0.15) is 13.3 Å². The Labute approximate surface area is 117 Å². The molecule has 7 heteroatoms.